The van der Waals surface area contributed by atoms with Crippen LogP contribution in [0.1, 0.15) is 25.0 Å². The van der Waals surface area contributed by atoms with Gasteiger partial charge >= 0.3 is 0 Å². The third-order valence-electron chi connectivity index (χ3n) is 2.77. The molecule has 1 aromatic rings. The normalized spacial score (nSPS) is 17.0. The van der Waals surface area contributed by atoms with E-state index in [9.17, 15) is 9.90 Å². The fourth-order valence-corrected chi connectivity index (χ4v) is 2.98. The van der Waals surface area contributed by atoms with Crippen molar-refractivity contribution >= 4 is 37.0 Å². The maximum atomic E-state index is 11.0. The fraction of sp³-hybridized carbons (Fsp3) is 0.462. The molecule has 0 fully saturated rings. The molecule has 4 heteroatoms. The van der Waals surface area contributed by atoms with E-state index in [4.69, 9.17) is 0 Å². The number of aliphatic hydroxyl groups excluding tert-OH is 1. The van der Waals surface area contributed by atoms with Gasteiger partial charge in [0, 0.05) is 6.42 Å². The van der Waals surface area contributed by atoms with Crippen LogP contribution >= 0.6 is 31.2 Å². The second-order valence-electron chi connectivity index (χ2n) is 4.21. The number of aliphatic hydroxyl groups is 1. The summed E-state index contributed by atoms with van der Waals surface area (Å²) >= 11 is 2.33. The summed E-state index contributed by atoms with van der Waals surface area (Å²) in [7, 11) is 0.622. The Morgan fingerprint density at radius 3 is 2.35 bits per heavy atom. The van der Waals surface area contributed by atoms with E-state index in [0.717, 1.165) is 11.1 Å². The monoisotopic (exact) mass is 364 g/mol. The summed E-state index contributed by atoms with van der Waals surface area (Å²) in [5.74, 6) is 0.173. The van der Waals surface area contributed by atoms with Crippen LogP contribution in [0.2, 0.25) is 0 Å². The smallest absolute Gasteiger partial charge is 0.134 e. The van der Waals surface area contributed by atoms with Gasteiger partial charge in [0.25, 0.3) is 0 Å². The Morgan fingerprint density at radius 2 is 2.00 bits per heavy atom. The highest BCUT2D eigenvalue weighted by Crippen LogP contribution is 2.48. The molecule has 0 aliphatic carbocycles. The number of hydrogen-bond donors (Lipinski definition) is 1. The van der Waals surface area contributed by atoms with Crippen molar-refractivity contribution in [1.29, 1.82) is 0 Å². The molecule has 0 radical (unpaired) electrons. The van der Waals surface area contributed by atoms with Crippen LogP contribution in [0.5, 0.6) is 0 Å². The zero-order valence-corrected chi connectivity index (χ0v) is 13.5. The van der Waals surface area contributed by atoms with Crippen molar-refractivity contribution in [2.75, 3.05) is 6.66 Å². The Labute approximate surface area is 118 Å². The minimum Gasteiger partial charge on any atom is -0.391 e. The minimum absolute atomic E-state index is 0.173. The summed E-state index contributed by atoms with van der Waals surface area (Å²) in [5.41, 5.74) is 2.16. The van der Waals surface area contributed by atoms with E-state index in [1.165, 1.54) is 0 Å². The van der Waals surface area contributed by atoms with Gasteiger partial charge in [-0.3, -0.25) is 4.79 Å². The number of Topliss-reactive ketones (excluding diaryl/α,β-unsaturated/α-hetero) is 1. The Balaban J connectivity index is 2.97. The van der Waals surface area contributed by atoms with E-state index in [-0.39, 0.29) is 15.1 Å². The standard InChI is InChI=1S/C13H18IO2P/c1-9(15)8-11-4-6-12(7-5-11)13(14,17-3)10(2)16/h4-7,10,16-17H,8H2,1-3H3/t10-,13?/m0/s1. The first-order chi connectivity index (χ1) is 7.90. The Bertz CT molecular complexity index is 389. The highest BCUT2D eigenvalue weighted by Gasteiger charge is 2.32. The Hall–Kier alpha value is 0.01000. The van der Waals surface area contributed by atoms with E-state index in [0.29, 0.717) is 15.0 Å². The number of ketones is 1. The highest BCUT2D eigenvalue weighted by atomic mass is 127. The molecule has 0 bridgehead atoms. The summed E-state index contributed by atoms with van der Waals surface area (Å²) in [6.07, 6.45) is 0.0996. The maximum absolute atomic E-state index is 11.0. The van der Waals surface area contributed by atoms with Crippen molar-refractivity contribution in [3.63, 3.8) is 0 Å². The summed E-state index contributed by atoms with van der Waals surface area (Å²) < 4.78 is -0.216. The second-order valence-corrected chi connectivity index (χ2v) is 8.22. The molecule has 0 aliphatic rings. The molecule has 0 spiro atoms. The molecule has 0 heterocycles. The zero-order chi connectivity index (χ0) is 13.1. The molecule has 1 N–H and O–H groups in total. The molecule has 0 saturated carbocycles. The Kier molecular flexibility index (Phi) is 5.55. The van der Waals surface area contributed by atoms with Crippen LogP contribution < -0.4 is 0 Å². The van der Waals surface area contributed by atoms with Gasteiger partial charge in [0.1, 0.15) is 5.78 Å². The number of halogens is 1. The van der Waals surface area contributed by atoms with Crippen molar-refractivity contribution in [1.82, 2.24) is 0 Å². The van der Waals surface area contributed by atoms with Gasteiger partial charge in [-0.2, -0.15) is 0 Å². The SMILES string of the molecule is CPC(I)(c1ccc(CC(C)=O)cc1)[C@H](C)O. The number of benzene rings is 1. The first-order valence-electron chi connectivity index (χ1n) is 5.55. The summed E-state index contributed by atoms with van der Waals surface area (Å²) in [6.45, 7) is 5.52. The van der Waals surface area contributed by atoms with Crippen LogP contribution in [0.3, 0.4) is 0 Å². The molecule has 0 aliphatic heterocycles. The lowest BCUT2D eigenvalue weighted by Crippen LogP contribution is -2.26. The first kappa shape index (κ1) is 15.1. The summed E-state index contributed by atoms with van der Waals surface area (Å²) in [6, 6.07) is 8.00. The van der Waals surface area contributed by atoms with Gasteiger partial charge in [-0.15, -0.1) is 8.58 Å². The van der Waals surface area contributed by atoms with Crippen LogP contribution in [0.15, 0.2) is 24.3 Å². The number of alkyl halides is 1. The molecule has 3 atom stereocenters. The van der Waals surface area contributed by atoms with Gasteiger partial charge < -0.3 is 5.11 Å². The molecule has 0 amide bonds. The molecule has 0 aromatic heterocycles. The van der Waals surface area contributed by atoms with Crippen molar-refractivity contribution in [3.05, 3.63) is 35.4 Å². The zero-order valence-electron chi connectivity index (χ0n) is 10.3. The van der Waals surface area contributed by atoms with Crippen LogP contribution in [0.25, 0.3) is 0 Å². The van der Waals surface area contributed by atoms with Gasteiger partial charge in [-0.1, -0.05) is 46.9 Å². The summed E-state index contributed by atoms with van der Waals surface area (Å²) in [4.78, 5) is 11.0. The largest absolute Gasteiger partial charge is 0.391 e. The Morgan fingerprint density at radius 1 is 1.47 bits per heavy atom. The minimum atomic E-state index is -0.384. The van der Waals surface area contributed by atoms with Crippen molar-refractivity contribution in [2.45, 2.75) is 29.5 Å². The van der Waals surface area contributed by atoms with E-state index >= 15 is 0 Å². The van der Waals surface area contributed by atoms with Crippen LogP contribution in [0.4, 0.5) is 0 Å². The predicted molar refractivity (Wildman–Crippen MR) is 82.4 cm³/mol. The van der Waals surface area contributed by atoms with Gasteiger partial charge in [0.2, 0.25) is 0 Å². The van der Waals surface area contributed by atoms with E-state index in [1.54, 1.807) is 6.92 Å². The lowest BCUT2D eigenvalue weighted by Gasteiger charge is -2.30. The predicted octanol–water partition coefficient (Wildman–Crippen LogP) is 3.10. The third kappa shape index (κ3) is 3.73. The van der Waals surface area contributed by atoms with Crippen LogP contribution in [0, 0.1) is 0 Å². The quantitative estimate of drug-likeness (QED) is 0.495. The highest BCUT2D eigenvalue weighted by molar-refractivity contribution is 14.1. The van der Waals surface area contributed by atoms with Crippen molar-refractivity contribution in [3.8, 4) is 0 Å². The number of hydrogen-bond acceptors (Lipinski definition) is 2. The molecule has 2 unspecified atom stereocenters. The average Bonchev–Trinajstić information content (AvgIpc) is 2.28. The number of carbonyl (C=O) groups excluding carboxylic acids is 1. The van der Waals surface area contributed by atoms with Gasteiger partial charge in [0.05, 0.1) is 9.27 Å². The lowest BCUT2D eigenvalue weighted by molar-refractivity contribution is -0.116. The van der Waals surface area contributed by atoms with E-state index in [2.05, 4.69) is 29.3 Å². The van der Waals surface area contributed by atoms with Crippen LogP contribution in [-0.2, 0) is 14.4 Å². The molecule has 1 aromatic carbocycles. The fourth-order valence-electron chi connectivity index (χ4n) is 1.75. The van der Waals surface area contributed by atoms with Crippen molar-refractivity contribution in [2.24, 2.45) is 0 Å². The van der Waals surface area contributed by atoms with Gasteiger partial charge in [0.15, 0.2) is 0 Å². The molecular formula is C13H18IO2P. The maximum Gasteiger partial charge on any atom is 0.134 e. The van der Waals surface area contributed by atoms with Gasteiger partial charge in [-0.05, 0) is 31.6 Å². The molecule has 94 valence electrons. The van der Waals surface area contributed by atoms with E-state index in [1.807, 2.05) is 31.2 Å². The number of carbonyl (C=O) groups is 1. The summed E-state index contributed by atoms with van der Waals surface area (Å²) in [5, 5.41) is 9.88. The molecular weight excluding hydrogens is 346 g/mol. The van der Waals surface area contributed by atoms with Gasteiger partial charge in [-0.25, -0.2) is 0 Å². The average molecular weight is 364 g/mol. The molecule has 2 nitrogen and oxygen atoms in total. The molecule has 17 heavy (non-hydrogen) atoms. The van der Waals surface area contributed by atoms with Crippen LogP contribution in [-0.4, -0.2) is 23.7 Å². The topological polar surface area (TPSA) is 37.3 Å². The first-order valence-corrected chi connectivity index (χ1v) is 8.12. The van der Waals surface area contributed by atoms with Crippen molar-refractivity contribution < 1.29 is 9.90 Å². The third-order valence-corrected chi connectivity index (χ3v) is 7.34. The second kappa shape index (κ2) is 6.26. The van der Waals surface area contributed by atoms with E-state index < -0.39 is 0 Å². The molecule has 1 rings (SSSR count). The number of rotatable bonds is 5. The lowest BCUT2D eigenvalue weighted by atomic mass is 10.0. The molecule has 0 saturated heterocycles.